The van der Waals surface area contributed by atoms with Crippen LogP contribution in [0.25, 0.3) is 11.1 Å². The summed E-state index contributed by atoms with van der Waals surface area (Å²) in [5, 5.41) is 5.70. The number of carbonyl (C=O) groups is 2. The van der Waals surface area contributed by atoms with E-state index in [4.69, 9.17) is 4.74 Å². The van der Waals surface area contributed by atoms with E-state index in [9.17, 15) is 9.59 Å². The molecule has 0 aliphatic carbocycles. The first-order chi connectivity index (χ1) is 13.7. The molecule has 3 aromatic carbocycles. The van der Waals surface area contributed by atoms with E-state index in [2.05, 4.69) is 10.6 Å². The summed E-state index contributed by atoms with van der Waals surface area (Å²) in [6, 6.07) is 24.7. The van der Waals surface area contributed by atoms with Gasteiger partial charge in [-0.15, -0.1) is 0 Å². The molecule has 2 amide bonds. The SMILES string of the molecule is O=C(NCCC1Oc2ccccc2NC1=O)c1cccc(-c2ccccc2)c1. The Morgan fingerprint density at radius 2 is 1.68 bits per heavy atom. The lowest BCUT2D eigenvalue weighted by Gasteiger charge is -2.25. The molecule has 0 spiro atoms. The Kier molecular flexibility index (Phi) is 5.06. The van der Waals surface area contributed by atoms with Crippen LogP contribution < -0.4 is 15.4 Å². The normalized spacial score (nSPS) is 15.1. The lowest BCUT2D eigenvalue weighted by atomic mass is 10.0. The minimum Gasteiger partial charge on any atom is -0.478 e. The standard InChI is InChI=1S/C23H20N2O3/c26-22(18-10-6-9-17(15-18)16-7-2-1-3-8-16)24-14-13-21-23(27)25-19-11-4-5-12-20(19)28-21/h1-12,15,21H,13-14H2,(H,24,26)(H,25,27). The molecule has 0 fully saturated rings. The number of ether oxygens (including phenoxy) is 1. The van der Waals surface area contributed by atoms with E-state index in [1.54, 1.807) is 12.1 Å². The molecule has 4 rings (SSSR count). The molecule has 0 aromatic heterocycles. The molecule has 28 heavy (non-hydrogen) atoms. The van der Waals surface area contributed by atoms with Crippen molar-refractivity contribution in [3.63, 3.8) is 0 Å². The van der Waals surface area contributed by atoms with Gasteiger partial charge in [0.05, 0.1) is 5.69 Å². The van der Waals surface area contributed by atoms with Crippen molar-refractivity contribution in [3.8, 4) is 16.9 Å². The minimum absolute atomic E-state index is 0.172. The fourth-order valence-corrected chi connectivity index (χ4v) is 3.17. The molecular formula is C23H20N2O3. The third-order valence-corrected chi connectivity index (χ3v) is 4.63. The predicted octanol–water partition coefficient (Wildman–Crippen LogP) is 3.87. The largest absolute Gasteiger partial charge is 0.478 e. The van der Waals surface area contributed by atoms with E-state index in [0.29, 0.717) is 30.0 Å². The van der Waals surface area contributed by atoms with E-state index in [-0.39, 0.29) is 11.8 Å². The number of fused-ring (bicyclic) bond motifs is 1. The third kappa shape index (κ3) is 3.88. The Morgan fingerprint density at radius 3 is 2.54 bits per heavy atom. The number of carbonyl (C=O) groups excluding carboxylic acids is 2. The van der Waals surface area contributed by atoms with Gasteiger partial charge in [-0.2, -0.15) is 0 Å². The van der Waals surface area contributed by atoms with Crippen molar-refractivity contribution in [1.29, 1.82) is 0 Å². The topological polar surface area (TPSA) is 67.4 Å². The van der Waals surface area contributed by atoms with Crippen molar-refractivity contribution in [2.75, 3.05) is 11.9 Å². The van der Waals surface area contributed by atoms with Crippen molar-refractivity contribution in [2.24, 2.45) is 0 Å². The Labute approximate surface area is 163 Å². The third-order valence-electron chi connectivity index (χ3n) is 4.63. The molecule has 2 N–H and O–H groups in total. The number of nitrogens with one attached hydrogen (secondary N) is 2. The van der Waals surface area contributed by atoms with Crippen molar-refractivity contribution in [3.05, 3.63) is 84.4 Å². The summed E-state index contributed by atoms with van der Waals surface area (Å²) in [5.74, 6) is 0.280. The summed E-state index contributed by atoms with van der Waals surface area (Å²) >= 11 is 0. The lowest BCUT2D eigenvalue weighted by molar-refractivity contribution is -0.123. The minimum atomic E-state index is -0.620. The van der Waals surface area contributed by atoms with E-state index < -0.39 is 6.10 Å². The second kappa shape index (κ2) is 7.96. The number of para-hydroxylation sites is 2. The molecular weight excluding hydrogens is 352 g/mol. The van der Waals surface area contributed by atoms with Crippen LogP contribution in [-0.2, 0) is 4.79 Å². The number of anilines is 1. The van der Waals surface area contributed by atoms with Crippen molar-refractivity contribution < 1.29 is 14.3 Å². The van der Waals surface area contributed by atoms with Crippen molar-refractivity contribution in [2.45, 2.75) is 12.5 Å². The molecule has 1 atom stereocenters. The van der Waals surface area contributed by atoms with Gasteiger partial charge < -0.3 is 15.4 Å². The molecule has 0 saturated carbocycles. The van der Waals surface area contributed by atoms with E-state index >= 15 is 0 Å². The van der Waals surface area contributed by atoms with Gasteiger partial charge in [0.25, 0.3) is 11.8 Å². The monoisotopic (exact) mass is 372 g/mol. The van der Waals surface area contributed by atoms with Crippen LogP contribution in [0.15, 0.2) is 78.9 Å². The van der Waals surface area contributed by atoms with Crippen LogP contribution >= 0.6 is 0 Å². The number of benzene rings is 3. The highest BCUT2D eigenvalue weighted by Gasteiger charge is 2.27. The Hall–Kier alpha value is -3.60. The van der Waals surface area contributed by atoms with E-state index in [1.165, 1.54) is 0 Å². The zero-order chi connectivity index (χ0) is 19.3. The second-order valence-electron chi connectivity index (χ2n) is 6.58. The first-order valence-corrected chi connectivity index (χ1v) is 9.21. The summed E-state index contributed by atoms with van der Waals surface area (Å²) in [4.78, 5) is 24.7. The Balaban J connectivity index is 1.36. The van der Waals surface area contributed by atoms with Crippen LogP contribution in [0, 0.1) is 0 Å². The van der Waals surface area contributed by atoms with Gasteiger partial charge >= 0.3 is 0 Å². The Bertz CT molecular complexity index is 1000. The molecule has 1 unspecified atom stereocenters. The van der Waals surface area contributed by atoms with Crippen molar-refractivity contribution in [1.82, 2.24) is 5.32 Å². The van der Waals surface area contributed by atoms with E-state index in [0.717, 1.165) is 11.1 Å². The number of amides is 2. The molecule has 5 nitrogen and oxygen atoms in total. The smallest absolute Gasteiger partial charge is 0.265 e. The summed E-state index contributed by atoms with van der Waals surface area (Å²) in [6.07, 6.45) is -0.226. The average molecular weight is 372 g/mol. The molecule has 140 valence electrons. The summed E-state index contributed by atoms with van der Waals surface area (Å²) in [7, 11) is 0. The molecule has 0 saturated heterocycles. The van der Waals surface area contributed by atoms with Gasteiger partial charge in [0.1, 0.15) is 5.75 Å². The van der Waals surface area contributed by atoms with Gasteiger partial charge in [0, 0.05) is 18.5 Å². The summed E-state index contributed by atoms with van der Waals surface area (Å²) in [6.45, 7) is 0.342. The molecule has 1 heterocycles. The lowest BCUT2D eigenvalue weighted by Crippen LogP contribution is -2.39. The highest BCUT2D eigenvalue weighted by atomic mass is 16.5. The predicted molar refractivity (Wildman–Crippen MR) is 108 cm³/mol. The molecule has 3 aromatic rings. The van der Waals surface area contributed by atoms with Crippen LogP contribution in [0.4, 0.5) is 5.69 Å². The fraction of sp³-hybridized carbons (Fsp3) is 0.130. The fourth-order valence-electron chi connectivity index (χ4n) is 3.17. The van der Waals surface area contributed by atoms with Crippen LogP contribution in [0.3, 0.4) is 0 Å². The van der Waals surface area contributed by atoms with Gasteiger partial charge in [-0.25, -0.2) is 0 Å². The average Bonchev–Trinajstić information content (AvgIpc) is 2.74. The first kappa shape index (κ1) is 17.8. The van der Waals surface area contributed by atoms with Crippen LogP contribution in [0.1, 0.15) is 16.8 Å². The molecule has 5 heteroatoms. The zero-order valence-electron chi connectivity index (χ0n) is 15.2. The van der Waals surface area contributed by atoms with Gasteiger partial charge in [-0.3, -0.25) is 9.59 Å². The summed E-state index contributed by atoms with van der Waals surface area (Å²) < 4.78 is 5.75. The maximum Gasteiger partial charge on any atom is 0.265 e. The maximum absolute atomic E-state index is 12.5. The van der Waals surface area contributed by atoms with E-state index in [1.807, 2.05) is 66.7 Å². The molecule has 1 aliphatic rings. The summed E-state index contributed by atoms with van der Waals surface area (Å²) in [5.41, 5.74) is 3.30. The zero-order valence-corrected chi connectivity index (χ0v) is 15.2. The van der Waals surface area contributed by atoms with Crippen LogP contribution in [0.5, 0.6) is 5.75 Å². The number of hydrogen-bond acceptors (Lipinski definition) is 3. The van der Waals surface area contributed by atoms with Crippen LogP contribution in [0.2, 0.25) is 0 Å². The quantitative estimate of drug-likeness (QED) is 0.714. The van der Waals surface area contributed by atoms with Gasteiger partial charge in [0.15, 0.2) is 6.10 Å². The first-order valence-electron chi connectivity index (χ1n) is 9.21. The van der Waals surface area contributed by atoms with Gasteiger partial charge in [-0.05, 0) is 35.4 Å². The Morgan fingerprint density at radius 1 is 0.929 bits per heavy atom. The molecule has 1 aliphatic heterocycles. The number of hydrogen-bond donors (Lipinski definition) is 2. The van der Waals surface area contributed by atoms with Crippen LogP contribution in [-0.4, -0.2) is 24.5 Å². The molecule has 0 bridgehead atoms. The number of rotatable bonds is 5. The van der Waals surface area contributed by atoms with Gasteiger partial charge in [0.2, 0.25) is 0 Å². The molecule has 0 radical (unpaired) electrons. The second-order valence-corrected chi connectivity index (χ2v) is 6.58. The van der Waals surface area contributed by atoms with Crippen molar-refractivity contribution >= 4 is 17.5 Å². The van der Waals surface area contributed by atoms with Gasteiger partial charge in [-0.1, -0.05) is 54.6 Å². The highest BCUT2D eigenvalue weighted by Crippen LogP contribution is 2.29. The maximum atomic E-state index is 12.5. The highest BCUT2D eigenvalue weighted by molar-refractivity contribution is 5.98.